The topological polar surface area (TPSA) is 59.6 Å². The van der Waals surface area contributed by atoms with E-state index in [-0.39, 0.29) is 29.8 Å². The van der Waals surface area contributed by atoms with Crippen LogP contribution in [0.5, 0.6) is 11.5 Å². The molecule has 0 aromatic heterocycles. The molecule has 1 aliphatic rings. The van der Waals surface area contributed by atoms with Crippen LogP contribution in [0, 0.1) is 11.7 Å². The summed E-state index contributed by atoms with van der Waals surface area (Å²) in [5.41, 5.74) is 1.80. The first-order valence-electron chi connectivity index (χ1n) is 9.16. The van der Waals surface area contributed by atoms with Crippen LogP contribution in [-0.2, 0) is 0 Å². The van der Waals surface area contributed by atoms with Gasteiger partial charge < -0.3 is 20.1 Å². The Morgan fingerprint density at radius 1 is 0.926 bits per heavy atom. The Labute approximate surface area is 158 Å². The second-order valence-corrected chi connectivity index (χ2v) is 7.02. The molecule has 0 aliphatic carbocycles. The lowest BCUT2D eigenvalue weighted by Crippen LogP contribution is -2.40. The van der Waals surface area contributed by atoms with E-state index in [1.54, 1.807) is 12.1 Å². The van der Waals surface area contributed by atoms with Crippen molar-refractivity contribution in [1.29, 1.82) is 0 Å². The van der Waals surface area contributed by atoms with Crippen LogP contribution in [0.4, 0.5) is 9.18 Å². The summed E-state index contributed by atoms with van der Waals surface area (Å²) in [5, 5.41) is 5.94. The zero-order valence-electron chi connectivity index (χ0n) is 15.8. The largest absolute Gasteiger partial charge is 0.486 e. The van der Waals surface area contributed by atoms with E-state index in [2.05, 4.69) is 10.6 Å². The minimum atomic E-state index is -0.294. The fourth-order valence-electron chi connectivity index (χ4n) is 3.10. The zero-order chi connectivity index (χ0) is 19.4. The first kappa shape index (κ1) is 19.0. The van der Waals surface area contributed by atoms with Crippen molar-refractivity contribution in [2.75, 3.05) is 13.2 Å². The van der Waals surface area contributed by atoms with Gasteiger partial charge in [0.05, 0.1) is 12.1 Å². The highest BCUT2D eigenvalue weighted by Crippen LogP contribution is 2.32. The average molecular weight is 372 g/mol. The number of hydrogen-bond donors (Lipinski definition) is 2. The van der Waals surface area contributed by atoms with Gasteiger partial charge in [-0.15, -0.1) is 0 Å². The molecule has 0 radical (unpaired) electrons. The summed E-state index contributed by atoms with van der Waals surface area (Å²) in [7, 11) is 0. The van der Waals surface area contributed by atoms with Gasteiger partial charge in [-0.3, -0.25) is 0 Å². The molecule has 0 fully saturated rings. The molecule has 2 atom stereocenters. The summed E-state index contributed by atoms with van der Waals surface area (Å²) in [6.45, 7) is 7.00. The molecule has 2 N–H and O–H groups in total. The number of amides is 2. The van der Waals surface area contributed by atoms with E-state index in [0.29, 0.717) is 19.0 Å². The fourth-order valence-corrected chi connectivity index (χ4v) is 3.10. The Morgan fingerprint density at radius 3 is 2.22 bits per heavy atom. The Bertz CT molecular complexity index is 793. The van der Waals surface area contributed by atoms with E-state index in [1.807, 2.05) is 39.0 Å². The summed E-state index contributed by atoms with van der Waals surface area (Å²) in [6, 6.07) is 11.2. The molecule has 0 bridgehead atoms. The second kappa shape index (κ2) is 8.29. The van der Waals surface area contributed by atoms with Crippen molar-refractivity contribution in [2.45, 2.75) is 32.9 Å². The Hall–Kier alpha value is -2.76. The number of fused-ring (bicyclic) bond motifs is 1. The minimum Gasteiger partial charge on any atom is -0.486 e. The minimum absolute atomic E-state index is 0.158. The van der Waals surface area contributed by atoms with E-state index in [0.717, 1.165) is 16.9 Å². The number of carbonyl (C=O) groups is 1. The molecule has 1 aliphatic heterocycles. The summed E-state index contributed by atoms with van der Waals surface area (Å²) >= 11 is 0. The van der Waals surface area contributed by atoms with Gasteiger partial charge >= 0.3 is 6.03 Å². The van der Waals surface area contributed by atoms with Crippen LogP contribution >= 0.6 is 0 Å². The molecule has 144 valence electrons. The van der Waals surface area contributed by atoms with E-state index in [9.17, 15) is 9.18 Å². The predicted molar refractivity (Wildman–Crippen MR) is 101 cm³/mol. The van der Waals surface area contributed by atoms with Gasteiger partial charge in [-0.2, -0.15) is 0 Å². The number of urea groups is 1. The van der Waals surface area contributed by atoms with Crippen LogP contribution in [0.25, 0.3) is 0 Å². The fraction of sp³-hybridized carbons (Fsp3) is 0.381. The smallest absolute Gasteiger partial charge is 0.315 e. The van der Waals surface area contributed by atoms with Crippen LogP contribution in [0.3, 0.4) is 0 Å². The van der Waals surface area contributed by atoms with Crippen molar-refractivity contribution in [1.82, 2.24) is 10.6 Å². The highest BCUT2D eigenvalue weighted by atomic mass is 19.1. The van der Waals surface area contributed by atoms with Crippen molar-refractivity contribution in [3.8, 4) is 11.5 Å². The first-order valence-corrected chi connectivity index (χ1v) is 9.16. The standard InChI is InChI=1S/C21H25FN2O3/c1-13(2)20(15-4-7-17(22)8-5-15)24-21(25)23-14(3)16-6-9-18-19(12-16)27-11-10-26-18/h4-9,12-14,20H,10-11H2,1-3H3,(H2,23,24,25). The van der Waals surface area contributed by atoms with Crippen molar-refractivity contribution < 1.29 is 18.7 Å². The highest BCUT2D eigenvalue weighted by molar-refractivity contribution is 5.75. The summed E-state index contributed by atoms with van der Waals surface area (Å²) in [4.78, 5) is 12.5. The molecule has 2 aromatic rings. The molecule has 5 nitrogen and oxygen atoms in total. The third-order valence-electron chi connectivity index (χ3n) is 4.60. The van der Waals surface area contributed by atoms with Gasteiger partial charge in [-0.05, 0) is 48.2 Å². The first-order chi connectivity index (χ1) is 12.9. The molecular weight excluding hydrogens is 347 g/mol. The number of hydrogen-bond acceptors (Lipinski definition) is 3. The van der Waals surface area contributed by atoms with Gasteiger partial charge in [0.1, 0.15) is 19.0 Å². The SMILES string of the molecule is CC(NC(=O)NC(c1ccc(F)cc1)C(C)C)c1ccc2c(c1)OCCO2. The van der Waals surface area contributed by atoms with Gasteiger partial charge in [-0.25, -0.2) is 9.18 Å². The van der Waals surface area contributed by atoms with Gasteiger partial charge in [-0.1, -0.05) is 32.0 Å². The van der Waals surface area contributed by atoms with E-state index in [4.69, 9.17) is 9.47 Å². The quantitative estimate of drug-likeness (QED) is 0.820. The number of benzene rings is 2. The van der Waals surface area contributed by atoms with Gasteiger partial charge in [0.25, 0.3) is 0 Å². The number of carbonyl (C=O) groups excluding carboxylic acids is 1. The lowest BCUT2D eigenvalue weighted by Gasteiger charge is -2.25. The van der Waals surface area contributed by atoms with Gasteiger partial charge in [0, 0.05) is 0 Å². The third-order valence-corrected chi connectivity index (χ3v) is 4.60. The number of rotatable bonds is 5. The molecule has 2 unspecified atom stereocenters. The number of ether oxygens (including phenoxy) is 2. The van der Waals surface area contributed by atoms with E-state index >= 15 is 0 Å². The molecule has 27 heavy (non-hydrogen) atoms. The molecule has 6 heteroatoms. The summed E-state index contributed by atoms with van der Waals surface area (Å²) in [5.74, 6) is 1.28. The van der Waals surface area contributed by atoms with Crippen molar-refractivity contribution in [3.63, 3.8) is 0 Å². The second-order valence-electron chi connectivity index (χ2n) is 7.02. The van der Waals surface area contributed by atoms with Crippen LogP contribution in [0.2, 0.25) is 0 Å². The molecule has 1 heterocycles. The normalized spacial score (nSPS) is 15.1. The summed E-state index contributed by atoms with van der Waals surface area (Å²) in [6.07, 6.45) is 0. The van der Waals surface area contributed by atoms with Crippen molar-refractivity contribution in [2.24, 2.45) is 5.92 Å². The maximum Gasteiger partial charge on any atom is 0.315 e. The van der Waals surface area contributed by atoms with Crippen LogP contribution in [0.1, 0.15) is 44.0 Å². The van der Waals surface area contributed by atoms with Crippen LogP contribution in [-0.4, -0.2) is 19.2 Å². The molecule has 3 rings (SSSR count). The lowest BCUT2D eigenvalue weighted by atomic mass is 9.96. The maximum absolute atomic E-state index is 13.2. The zero-order valence-corrected chi connectivity index (χ0v) is 15.8. The van der Waals surface area contributed by atoms with Crippen LogP contribution < -0.4 is 20.1 Å². The van der Waals surface area contributed by atoms with Crippen molar-refractivity contribution >= 4 is 6.03 Å². The molecule has 0 spiro atoms. The van der Waals surface area contributed by atoms with Gasteiger partial charge in [0.2, 0.25) is 0 Å². The summed E-state index contributed by atoms with van der Waals surface area (Å²) < 4.78 is 24.3. The molecule has 0 saturated heterocycles. The Balaban J connectivity index is 1.65. The highest BCUT2D eigenvalue weighted by Gasteiger charge is 2.20. The molecule has 2 aromatic carbocycles. The molecular formula is C21H25FN2O3. The molecule has 0 saturated carbocycles. The van der Waals surface area contributed by atoms with E-state index in [1.165, 1.54) is 12.1 Å². The molecule has 2 amide bonds. The number of nitrogens with one attached hydrogen (secondary N) is 2. The van der Waals surface area contributed by atoms with Crippen molar-refractivity contribution in [3.05, 3.63) is 59.4 Å². The van der Waals surface area contributed by atoms with Crippen LogP contribution in [0.15, 0.2) is 42.5 Å². The third kappa shape index (κ3) is 4.70. The van der Waals surface area contributed by atoms with E-state index < -0.39 is 0 Å². The Morgan fingerprint density at radius 2 is 1.56 bits per heavy atom. The van der Waals surface area contributed by atoms with Gasteiger partial charge in [0.15, 0.2) is 11.5 Å². The Kier molecular flexibility index (Phi) is 5.84. The average Bonchev–Trinajstić information content (AvgIpc) is 2.66. The maximum atomic E-state index is 13.2. The monoisotopic (exact) mass is 372 g/mol. The lowest BCUT2D eigenvalue weighted by molar-refractivity contribution is 0.171. The number of halogens is 1. The predicted octanol–water partition coefficient (Wildman–Crippen LogP) is 4.35.